The SMILES string of the molecule is CC(Cl)c1nc2ccc(F)cc2n1C(C)CS(C)(=O)=O. The van der Waals surface area contributed by atoms with E-state index in [9.17, 15) is 12.8 Å². The number of sulfone groups is 1. The molecular formula is C13H16ClFN2O2S. The monoisotopic (exact) mass is 318 g/mol. The number of hydrogen-bond acceptors (Lipinski definition) is 3. The Balaban J connectivity index is 2.64. The van der Waals surface area contributed by atoms with Gasteiger partial charge in [-0.2, -0.15) is 0 Å². The van der Waals surface area contributed by atoms with E-state index in [0.717, 1.165) is 0 Å². The first-order chi connectivity index (χ1) is 9.19. The van der Waals surface area contributed by atoms with E-state index >= 15 is 0 Å². The Bertz CT molecular complexity index is 740. The molecule has 0 aliphatic heterocycles. The van der Waals surface area contributed by atoms with Crippen molar-refractivity contribution in [2.24, 2.45) is 0 Å². The van der Waals surface area contributed by atoms with Crippen LogP contribution in [0.4, 0.5) is 4.39 Å². The van der Waals surface area contributed by atoms with Crippen molar-refractivity contribution in [2.45, 2.75) is 25.3 Å². The fourth-order valence-electron chi connectivity index (χ4n) is 2.34. The predicted molar refractivity (Wildman–Crippen MR) is 78.4 cm³/mol. The summed E-state index contributed by atoms with van der Waals surface area (Å²) in [6.07, 6.45) is 1.17. The average Bonchev–Trinajstić information content (AvgIpc) is 2.65. The third-order valence-corrected chi connectivity index (χ3v) is 4.30. The van der Waals surface area contributed by atoms with Crippen molar-refractivity contribution in [1.29, 1.82) is 0 Å². The molecular weight excluding hydrogens is 303 g/mol. The van der Waals surface area contributed by atoms with Crippen LogP contribution in [0.5, 0.6) is 0 Å². The van der Waals surface area contributed by atoms with Crippen molar-refractivity contribution in [2.75, 3.05) is 12.0 Å². The summed E-state index contributed by atoms with van der Waals surface area (Å²) in [5.74, 6) is 0.105. The number of halogens is 2. The maximum atomic E-state index is 13.4. The molecule has 2 atom stereocenters. The Kier molecular flexibility index (Phi) is 4.07. The highest BCUT2D eigenvalue weighted by Crippen LogP contribution is 2.29. The third kappa shape index (κ3) is 3.12. The molecule has 110 valence electrons. The number of benzene rings is 1. The van der Waals surface area contributed by atoms with Crippen molar-refractivity contribution in [3.8, 4) is 0 Å². The molecule has 1 aromatic carbocycles. The number of hydrogen-bond donors (Lipinski definition) is 0. The van der Waals surface area contributed by atoms with Crippen LogP contribution in [0.3, 0.4) is 0 Å². The lowest BCUT2D eigenvalue weighted by Gasteiger charge is -2.17. The van der Waals surface area contributed by atoms with Gasteiger partial charge in [0.25, 0.3) is 0 Å². The first kappa shape index (κ1) is 15.3. The van der Waals surface area contributed by atoms with Crippen LogP contribution in [-0.2, 0) is 9.84 Å². The van der Waals surface area contributed by atoms with Gasteiger partial charge < -0.3 is 4.57 Å². The molecule has 2 rings (SSSR count). The lowest BCUT2D eigenvalue weighted by molar-refractivity contribution is 0.554. The number of rotatable bonds is 4. The van der Waals surface area contributed by atoms with Crippen LogP contribution < -0.4 is 0 Å². The highest BCUT2D eigenvalue weighted by molar-refractivity contribution is 7.90. The number of fused-ring (bicyclic) bond motifs is 1. The molecule has 7 heteroatoms. The summed E-state index contributed by atoms with van der Waals surface area (Å²) in [7, 11) is -3.16. The molecule has 4 nitrogen and oxygen atoms in total. The number of alkyl halides is 1. The molecule has 1 heterocycles. The lowest BCUT2D eigenvalue weighted by atomic mass is 10.3. The summed E-state index contributed by atoms with van der Waals surface area (Å²) in [5, 5.41) is -0.396. The Labute approximate surface area is 122 Å². The zero-order valence-electron chi connectivity index (χ0n) is 11.5. The first-order valence-electron chi connectivity index (χ1n) is 6.18. The molecule has 0 bridgehead atoms. The summed E-state index contributed by atoms with van der Waals surface area (Å²) in [6.45, 7) is 3.51. The van der Waals surface area contributed by atoms with Crippen LogP contribution in [0, 0.1) is 5.82 Å². The van der Waals surface area contributed by atoms with Gasteiger partial charge in [0.05, 0.1) is 22.2 Å². The second-order valence-corrected chi connectivity index (χ2v) is 7.87. The molecule has 0 N–H and O–H groups in total. The molecule has 0 aliphatic rings. The zero-order chi connectivity index (χ0) is 15.1. The zero-order valence-corrected chi connectivity index (χ0v) is 13.0. The van der Waals surface area contributed by atoms with Gasteiger partial charge in [0.2, 0.25) is 0 Å². The molecule has 0 spiro atoms. The summed E-state index contributed by atoms with van der Waals surface area (Å²) in [4.78, 5) is 4.37. The second kappa shape index (κ2) is 5.33. The van der Waals surface area contributed by atoms with Crippen LogP contribution >= 0.6 is 11.6 Å². The maximum Gasteiger partial charge on any atom is 0.149 e. The molecule has 0 saturated heterocycles. The molecule has 0 saturated carbocycles. The fraction of sp³-hybridized carbons (Fsp3) is 0.462. The molecule has 1 aromatic heterocycles. The third-order valence-electron chi connectivity index (χ3n) is 3.02. The number of nitrogens with zero attached hydrogens (tertiary/aromatic N) is 2. The molecule has 20 heavy (non-hydrogen) atoms. The van der Waals surface area contributed by atoms with E-state index in [2.05, 4.69) is 4.98 Å². The molecule has 0 radical (unpaired) electrons. The van der Waals surface area contributed by atoms with Gasteiger partial charge in [-0.15, -0.1) is 11.6 Å². The van der Waals surface area contributed by atoms with Crippen LogP contribution in [0.15, 0.2) is 18.2 Å². The standard InChI is InChI=1S/C13H16ClFN2O2S/c1-8(7-20(3,18)19)17-12-6-10(15)4-5-11(12)16-13(17)9(2)14/h4-6,8-9H,7H2,1-3H3. The van der Waals surface area contributed by atoms with Crippen LogP contribution in [0.25, 0.3) is 11.0 Å². The largest absolute Gasteiger partial charge is 0.323 e. The topological polar surface area (TPSA) is 52.0 Å². The Morgan fingerprint density at radius 2 is 2.05 bits per heavy atom. The lowest BCUT2D eigenvalue weighted by Crippen LogP contribution is -2.18. The summed E-state index contributed by atoms with van der Waals surface area (Å²) < 4.78 is 38.1. The average molecular weight is 319 g/mol. The van der Waals surface area contributed by atoms with E-state index in [-0.39, 0.29) is 17.6 Å². The van der Waals surface area contributed by atoms with E-state index in [4.69, 9.17) is 11.6 Å². The van der Waals surface area contributed by atoms with Crippen LogP contribution in [0.2, 0.25) is 0 Å². The van der Waals surface area contributed by atoms with Gasteiger partial charge in [-0.3, -0.25) is 0 Å². The van der Waals surface area contributed by atoms with Gasteiger partial charge in [-0.25, -0.2) is 17.8 Å². The predicted octanol–water partition coefficient (Wildman–Crippen LogP) is 3.08. The van der Waals surface area contributed by atoms with Gasteiger partial charge in [-0.1, -0.05) is 0 Å². The summed E-state index contributed by atoms with van der Waals surface area (Å²) in [5.41, 5.74) is 1.16. The van der Waals surface area contributed by atoms with E-state index in [1.165, 1.54) is 18.4 Å². The van der Waals surface area contributed by atoms with Gasteiger partial charge in [0.1, 0.15) is 21.5 Å². The summed E-state index contributed by atoms with van der Waals surface area (Å²) in [6, 6.07) is 3.87. The Hall–Kier alpha value is -1.14. The van der Waals surface area contributed by atoms with Gasteiger partial charge >= 0.3 is 0 Å². The smallest absolute Gasteiger partial charge is 0.149 e. The van der Waals surface area contributed by atoms with E-state index in [1.807, 2.05) is 0 Å². The molecule has 2 unspecified atom stereocenters. The van der Waals surface area contributed by atoms with Crippen molar-refractivity contribution >= 4 is 32.5 Å². The summed E-state index contributed by atoms with van der Waals surface area (Å²) >= 11 is 6.11. The minimum absolute atomic E-state index is 0.0500. The molecule has 0 fully saturated rings. The van der Waals surface area contributed by atoms with Crippen molar-refractivity contribution in [1.82, 2.24) is 9.55 Å². The van der Waals surface area contributed by atoms with Crippen LogP contribution in [-0.4, -0.2) is 30.0 Å². The van der Waals surface area contributed by atoms with E-state index in [0.29, 0.717) is 16.9 Å². The van der Waals surface area contributed by atoms with E-state index < -0.39 is 15.2 Å². The van der Waals surface area contributed by atoms with Crippen LogP contribution in [0.1, 0.15) is 31.1 Å². The second-order valence-electron chi connectivity index (χ2n) is 5.03. The minimum Gasteiger partial charge on any atom is -0.323 e. The first-order valence-corrected chi connectivity index (χ1v) is 8.68. The van der Waals surface area contributed by atoms with Crippen molar-refractivity contribution < 1.29 is 12.8 Å². The Morgan fingerprint density at radius 3 is 2.60 bits per heavy atom. The number of imidazole rings is 1. The van der Waals surface area contributed by atoms with Gasteiger partial charge in [0, 0.05) is 12.3 Å². The fourth-order valence-corrected chi connectivity index (χ4v) is 3.52. The maximum absolute atomic E-state index is 13.4. The highest BCUT2D eigenvalue weighted by Gasteiger charge is 2.21. The normalized spacial score (nSPS) is 15.4. The Morgan fingerprint density at radius 1 is 1.40 bits per heavy atom. The van der Waals surface area contributed by atoms with E-state index in [1.54, 1.807) is 24.5 Å². The minimum atomic E-state index is -3.16. The van der Waals surface area contributed by atoms with Crippen molar-refractivity contribution in [3.05, 3.63) is 29.8 Å². The molecule has 0 aliphatic carbocycles. The van der Waals surface area contributed by atoms with Gasteiger partial charge in [0.15, 0.2) is 0 Å². The van der Waals surface area contributed by atoms with Gasteiger partial charge in [-0.05, 0) is 32.0 Å². The van der Waals surface area contributed by atoms with Crippen molar-refractivity contribution in [3.63, 3.8) is 0 Å². The molecule has 2 aromatic rings. The molecule has 0 amide bonds. The quantitative estimate of drug-likeness (QED) is 0.814. The number of aromatic nitrogens is 2. The highest BCUT2D eigenvalue weighted by atomic mass is 35.5.